The summed E-state index contributed by atoms with van der Waals surface area (Å²) in [6.45, 7) is 2.22. The summed E-state index contributed by atoms with van der Waals surface area (Å²) in [4.78, 5) is 6.32. The zero-order valence-electron chi connectivity index (χ0n) is 28.3. The standard InChI is InChI=1S/C47H29BN2O2/c1-26-19-37(33-14-8-13-32-34-21-27-9-2-3-10-28(27)22-39(34)49-47(32)33)46-41(20-26)50(29-17-18-44-35(23-29)30-11-4-6-15-42(30)51-44)40-24-36-31-12-5-7-16-43(31)52-45(36)25-38(40)48-46/h2-25,48-49H,1H3. The second-order valence-corrected chi connectivity index (χ2v) is 14.3. The number of aromatic nitrogens is 1. The van der Waals surface area contributed by atoms with Crippen LogP contribution in [-0.4, -0.2) is 12.3 Å². The van der Waals surface area contributed by atoms with Gasteiger partial charge in [-0.05, 0) is 94.9 Å². The molecule has 242 valence electrons. The molecule has 1 N–H and O–H groups in total. The smallest absolute Gasteiger partial charge is 0.198 e. The van der Waals surface area contributed by atoms with Crippen LogP contribution in [0.1, 0.15) is 5.56 Å². The van der Waals surface area contributed by atoms with Crippen LogP contribution in [0.3, 0.4) is 0 Å². The zero-order chi connectivity index (χ0) is 34.1. The van der Waals surface area contributed by atoms with Crippen molar-refractivity contribution < 1.29 is 8.83 Å². The molecule has 0 unspecified atom stereocenters. The predicted octanol–water partition coefficient (Wildman–Crippen LogP) is 11.4. The second-order valence-electron chi connectivity index (χ2n) is 14.3. The molecule has 0 spiro atoms. The lowest BCUT2D eigenvalue weighted by atomic mass is 9.58. The van der Waals surface area contributed by atoms with E-state index in [4.69, 9.17) is 8.83 Å². The Hall–Kier alpha value is -6.72. The highest BCUT2D eigenvalue weighted by Crippen LogP contribution is 2.43. The fourth-order valence-corrected chi connectivity index (χ4v) is 8.86. The monoisotopic (exact) mass is 664 g/mol. The van der Waals surface area contributed by atoms with Gasteiger partial charge >= 0.3 is 0 Å². The summed E-state index contributed by atoms with van der Waals surface area (Å²) in [7, 11) is 0.779. The number of nitrogens with one attached hydrogen (secondary N) is 1. The molecule has 1 aliphatic heterocycles. The number of hydrogen-bond donors (Lipinski definition) is 1. The molecule has 0 atom stereocenters. The number of rotatable bonds is 2. The van der Waals surface area contributed by atoms with Gasteiger partial charge < -0.3 is 18.7 Å². The quantitative estimate of drug-likeness (QED) is 0.187. The number of hydrogen-bond acceptors (Lipinski definition) is 3. The Morgan fingerprint density at radius 1 is 0.500 bits per heavy atom. The highest BCUT2D eigenvalue weighted by molar-refractivity contribution is 6.73. The van der Waals surface area contributed by atoms with Crippen LogP contribution in [0.4, 0.5) is 17.1 Å². The SMILES string of the molecule is Cc1cc(-c2cccc3c2[nH]c2cc4ccccc4cc23)c2c(c1)N(c1ccc3oc4ccccc4c3c1)c1cc3c(cc1B2)oc1ccccc13. The number of H-pyrrole nitrogens is 1. The number of para-hydroxylation sites is 3. The van der Waals surface area contributed by atoms with Crippen molar-refractivity contribution in [3.63, 3.8) is 0 Å². The predicted molar refractivity (Wildman–Crippen MR) is 219 cm³/mol. The largest absolute Gasteiger partial charge is 0.456 e. The molecule has 0 fully saturated rings. The van der Waals surface area contributed by atoms with Crippen LogP contribution in [0.5, 0.6) is 0 Å². The second kappa shape index (κ2) is 10.2. The third kappa shape index (κ3) is 3.88. The van der Waals surface area contributed by atoms with Gasteiger partial charge in [0, 0.05) is 60.5 Å². The highest BCUT2D eigenvalue weighted by Gasteiger charge is 2.30. The van der Waals surface area contributed by atoms with Crippen LogP contribution in [0.2, 0.25) is 0 Å². The summed E-state index contributed by atoms with van der Waals surface area (Å²) in [5.41, 5.74) is 15.6. The Balaban J connectivity index is 1.14. The van der Waals surface area contributed by atoms with Crippen molar-refractivity contribution in [2.75, 3.05) is 4.90 Å². The first-order valence-electron chi connectivity index (χ1n) is 17.9. The molecule has 0 saturated heterocycles. The molecule has 11 aromatic rings. The third-order valence-electron chi connectivity index (χ3n) is 11.2. The van der Waals surface area contributed by atoms with Gasteiger partial charge in [-0.25, -0.2) is 0 Å². The van der Waals surface area contributed by atoms with Crippen molar-refractivity contribution in [1.82, 2.24) is 4.98 Å². The number of fused-ring (bicyclic) bond motifs is 12. The van der Waals surface area contributed by atoms with Gasteiger partial charge in [0.25, 0.3) is 0 Å². The first-order valence-corrected chi connectivity index (χ1v) is 17.9. The maximum atomic E-state index is 6.46. The van der Waals surface area contributed by atoms with E-state index in [1.807, 2.05) is 18.2 Å². The van der Waals surface area contributed by atoms with Crippen LogP contribution in [0.15, 0.2) is 154 Å². The number of aryl methyl sites for hydroxylation is 1. The number of nitrogens with zero attached hydrogens (tertiary/aromatic N) is 1. The minimum Gasteiger partial charge on any atom is -0.456 e. The Morgan fingerprint density at radius 3 is 2.02 bits per heavy atom. The number of furan rings is 2. The van der Waals surface area contributed by atoms with E-state index in [1.165, 1.54) is 60.5 Å². The first kappa shape index (κ1) is 28.0. The van der Waals surface area contributed by atoms with E-state index in [0.29, 0.717) is 0 Å². The maximum absolute atomic E-state index is 6.46. The van der Waals surface area contributed by atoms with E-state index in [0.717, 1.165) is 67.9 Å². The summed E-state index contributed by atoms with van der Waals surface area (Å²) >= 11 is 0. The lowest BCUT2D eigenvalue weighted by Crippen LogP contribution is -2.41. The van der Waals surface area contributed by atoms with Crippen molar-refractivity contribution in [3.05, 3.63) is 151 Å². The average Bonchev–Trinajstić information content (AvgIpc) is 3.85. The van der Waals surface area contributed by atoms with Crippen molar-refractivity contribution >= 4 is 112 Å². The van der Waals surface area contributed by atoms with Crippen molar-refractivity contribution in [1.29, 1.82) is 0 Å². The number of aromatic amines is 1. The molecular weight excluding hydrogens is 635 g/mol. The third-order valence-corrected chi connectivity index (χ3v) is 11.2. The molecule has 4 nitrogen and oxygen atoms in total. The average molecular weight is 665 g/mol. The minimum atomic E-state index is 0.779. The van der Waals surface area contributed by atoms with Gasteiger partial charge in [-0.1, -0.05) is 90.4 Å². The van der Waals surface area contributed by atoms with E-state index in [1.54, 1.807) is 0 Å². The van der Waals surface area contributed by atoms with Gasteiger partial charge in [-0.3, -0.25) is 0 Å². The maximum Gasteiger partial charge on any atom is 0.198 e. The summed E-state index contributed by atoms with van der Waals surface area (Å²) in [5, 5.41) is 9.46. The van der Waals surface area contributed by atoms with E-state index in [9.17, 15) is 0 Å². The van der Waals surface area contributed by atoms with Crippen LogP contribution in [0, 0.1) is 6.92 Å². The molecule has 0 bridgehead atoms. The molecule has 5 heteroatoms. The Kier molecular flexibility index (Phi) is 5.49. The first-order chi connectivity index (χ1) is 25.6. The molecule has 0 amide bonds. The molecule has 0 aliphatic carbocycles. The van der Waals surface area contributed by atoms with Crippen LogP contribution < -0.4 is 15.8 Å². The molecule has 12 rings (SSSR count). The lowest BCUT2D eigenvalue weighted by molar-refractivity contribution is 0.669. The molecule has 3 aromatic heterocycles. The summed E-state index contributed by atoms with van der Waals surface area (Å²) < 4.78 is 12.7. The van der Waals surface area contributed by atoms with Crippen molar-refractivity contribution in [2.24, 2.45) is 0 Å². The van der Waals surface area contributed by atoms with E-state index in [-0.39, 0.29) is 0 Å². The molecule has 0 radical (unpaired) electrons. The molecule has 52 heavy (non-hydrogen) atoms. The normalized spacial score (nSPS) is 12.8. The van der Waals surface area contributed by atoms with E-state index >= 15 is 0 Å². The zero-order valence-corrected chi connectivity index (χ0v) is 28.3. The fourth-order valence-electron chi connectivity index (χ4n) is 8.86. The molecule has 1 aliphatic rings. The molecule has 0 saturated carbocycles. The van der Waals surface area contributed by atoms with Gasteiger partial charge in [0.1, 0.15) is 22.3 Å². The van der Waals surface area contributed by atoms with Crippen LogP contribution >= 0.6 is 0 Å². The fraction of sp³-hybridized carbons (Fsp3) is 0.0213. The van der Waals surface area contributed by atoms with Gasteiger partial charge in [0.05, 0.1) is 5.52 Å². The Bertz CT molecular complexity index is 3310. The molecular formula is C47H29BN2O2. The lowest BCUT2D eigenvalue weighted by Gasteiger charge is -2.35. The van der Waals surface area contributed by atoms with Gasteiger partial charge in [-0.15, -0.1) is 0 Å². The highest BCUT2D eigenvalue weighted by atomic mass is 16.3. The Morgan fingerprint density at radius 2 is 1.19 bits per heavy atom. The van der Waals surface area contributed by atoms with Crippen LogP contribution in [-0.2, 0) is 0 Å². The number of benzene rings is 8. The molecule has 4 heterocycles. The van der Waals surface area contributed by atoms with Crippen molar-refractivity contribution in [3.8, 4) is 11.1 Å². The van der Waals surface area contributed by atoms with Crippen molar-refractivity contribution in [2.45, 2.75) is 6.92 Å². The summed E-state index contributed by atoms with van der Waals surface area (Å²) in [5.74, 6) is 0. The van der Waals surface area contributed by atoms with Crippen LogP contribution in [0.25, 0.3) is 87.6 Å². The number of anilines is 3. The van der Waals surface area contributed by atoms with Gasteiger partial charge in [0.15, 0.2) is 7.28 Å². The minimum absolute atomic E-state index is 0.779. The molecule has 8 aromatic carbocycles. The summed E-state index contributed by atoms with van der Waals surface area (Å²) in [6, 6.07) is 52.5. The Labute approximate surface area is 298 Å². The van der Waals surface area contributed by atoms with Gasteiger partial charge in [-0.2, -0.15) is 0 Å². The topological polar surface area (TPSA) is 45.3 Å². The van der Waals surface area contributed by atoms with E-state index in [2.05, 4.69) is 144 Å². The van der Waals surface area contributed by atoms with Gasteiger partial charge in [0.2, 0.25) is 0 Å². The summed E-state index contributed by atoms with van der Waals surface area (Å²) in [6.07, 6.45) is 0. The van der Waals surface area contributed by atoms with E-state index < -0.39 is 0 Å².